The van der Waals surface area contributed by atoms with Crippen molar-refractivity contribution in [1.29, 1.82) is 0 Å². The third-order valence-electron chi connectivity index (χ3n) is 4.70. The van der Waals surface area contributed by atoms with Crippen molar-refractivity contribution in [3.8, 4) is 5.75 Å². The van der Waals surface area contributed by atoms with Crippen LogP contribution in [-0.4, -0.2) is 58.6 Å². The zero-order valence-corrected chi connectivity index (χ0v) is 17.3. The smallest absolute Gasteiger partial charge is 0.326 e. The highest BCUT2D eigenvalue weighted by atomic mass is 16.4. The Kier molecular flexibility index (Phi) is 9.76. The summed E-state index contributed by atoms with van der Waals surface area (Å²) in [7, 11) is 0. The van der Waals surface area contributed by atoms with Crippen LogP contribution in [0, 0.1) is 5.92 Å². The average Bonchev–Trinajstić information content (AvgIpc) is 2.70. The molecule has 4 atom stereocenters. The lowest BCUT2D eigenvalue weighted by Crippen LogP contribution is -2.53. The number of carbonyl (C=O) groups is 4. The molecule has 0 bridgehead atoms. The zero-order chi connectivity index (χ0) is 22.8. The zero-order valence-electron chi connectivity index (χ0n) is 17.3. The minimum Gasteiger partial charge on any atom is -0.508 e. The lowest BCUT2D eigenvalue weighted by molar-refractivity contribution is -0.143. The number of phenols is 1. The van der Waals surface area contributed by atoms with Gasteiger partial charge in [0.1, 0.15) is 17.8 Å². The van der Waals surface area contributed by atoms with Crippen LogP contribution in [0.3, 0.4) is 0 Å². The molecule has 0 spiro atoms. The van der Waals surface area contributed by atoms with E-state index in [0.29, 0.717) is 6.42 Å². The molecule has 0 aliphatic rings. The number of nitrogens with one attached hydrogen (secondary N) is 3. The van der Waals surface area contributed by atoms with Crippen molar-refractivity contribution in [2.24, 2.45) is 11.7 Å². The van der Waals surface area contributed by atoms with Crippen LogP contribution in [0.4, 0.5) is 0 Å². The summed E-state index contributed by atoms with van der Waals surface area (Å²) in [6, 6.07) is 3.35. The van der Waals surface area contributed by atoms with Crippen LogP contribution >= 0.6 is 0 Å². The van der Waals surface area contributed by atoms with Crippen LogP contribution in [0.1, 0.15) is 32.8 Å². The normalized spacial score (nSPS) is 14.7. The van der Waals surface area contributed by atoms with Gasteiger partial charge in [-0.3, -0.25) is 14.4 Å². The van der Waals surface area contributed by atoms with Gasteiger partial charge >= 0.3 is 5.97 Å². The maximum absolute atomic E-state index is 12.2. The first-order chi connectivity index (χ1) is 14.0. The topological polar surface area (TPSA) is 171 Å². The summed E-state index contributed by atoms with van der Waals surface area (Å²) in [5.74, 6) is -3.10. The Hall–Kier alpha value is -3.14. The summed E-state index contributed by atoms with van der Waals surface area (Å²) in [4.78, 5) is 47.5. The minimum absolute atomic E-state index is 0.102. The Morgan fingerprint density at radius 2 is 1.63 bits per heavy atom. The molecule has 0 radical (unpaired) electrons. The van der Waals surface area contributed by atoms with E-state index < -0.39 is 48.4 Å². The highest BCUT2D eigenvalue weighted by Gasteiger charge is 2.26. The summed E-state index contributed by atoms with van der Waals surface area (Å²) in [5.41, 5.74) is 6.61. The fourth-order valence-corrected chi connectivity index (χ4v) is 2.59. The lowest BCUT2D eigenvalue weighted by Gasteiger charge is -2.21. The molecular weight excluding hydrogens is 392 g/mol. The summed E-state index contributed by atoms with van der Waals surface area (Å²) in [5, 5.41) is 25.7. The van der Waals surface area contributed by atoms with E-state index in [2.05, 4.69) is 16.0 Å². The maximum atomic E-state index is 12.2. The molecule has 166 valence electrons. The number of nitrogens with two attached hydrogens (primary N) is 1. The standard InChI is InChI=1S/C20H30N4O6/c1-4-11(2)17(20(29)30)24-16(26)10-22-18(27)12(3)23-19(28)15(21)9-13-5-7-14(25)8-6-13/h5-8,11-12,15,17,25H,4,9-10,21H2,1-3H3,(H,22,27)(H,23,28)(H,24,26)(H,29,30). The van der Waals surface area contributed by atoms with E-state index in [9.17, 15) is 29.4 Å². The van der Waals surface area contributed by atoms with E-state index in [1.54, 1.807) is 19.1 Å². The van der Waals surface area contributed by atoms with E-state index in [0.717, 1.165) is 5.56 Å². The molecule has 0 aromatic heterocycles. The van der Waals surface area contributed by atoms with Crippen molar-refractivity contribution in [2.45, 2.75) is 51.7 Å². The van der Waals surface area contributed by atoms with Crippen LogP contribution in [0.25, 0.3) is 0 Å². The molecule has 1 rings (SSSR count). The maximum Gasteiger partial charge on any atom is 0.326 e. The molecule has 10 nitrogen and oxygen atoms in total. The Labute approximate surface area is 175 Å². The summed E-state index contributed by atoms with van der Waals surface area (Å²) in [6.07, 6.45) is 0.784. The first-order valence-corrected chi connectivity index (χ1v) is 9.68. The Balaban J connectivity index is 2.47. The molecule has 1 aromatic carbocycles. The van der Waals surface area contributed by atoms with Crippen molar-refractivity contribution in [3.63, 3.8) is 0 Å². The molecule has 0 aliphatic heterocycles. The fourth-order valence-electron chi connectivity index (χ4n) is 2.59. The Morgan fingerprint density at radius 1 is 1.03 bits per heavy atom. The molecule has 4 unspecified atom stereocenters. The molecule has 0 saturated heterocycles. The number of hydrogen-bond acceptors (Lipinski definition) is 6. The first-order valence-electron chi connectivity index (χ1n) is 9.68. The Bertz CT molecular complexity index is 752. The van der Waals surface area contributed by atoms with Gasteiger partial charge in [-0.2, -0.15) is 0 Å². The Morgan fingerprint density at radius 3 is 2.17 bits per heavy atom. The molecule has 10 heteroatoms. The monoisotopic (exact) mass is 422 g/mol. The number of amides is 3. The van der Waals surface area contributed by atoms with Crippen LogP contribution < -0.4 is 21.7 Å². The number of benzene rings is 1. The van der Waals surface area contributed by atoms with Gasteiger partial charge in [-0.25, -0.2) is 4.79 Å². The number of carboxylic acid groups (broad SMARTS) is 1. The lowest BCUT2D eigenvalue weighted by atomic mass is 9.99. The van der Waals surface area contributed by atoms with E-state index >= 15 is 0 Å². The number of phenolic OH excluding ortho intramolecular Hbond substituents is 1. The van der Waals surface area contributed by atoms with Gasteiger partial charge in [-0.15, -0.1) is 0 Å². The minimum atomic E-state index is -1.15. The molecule has 0 heterocycles. The van der Waals surface area contributed by atoms with Gasteiger partial charge in [0, 0.05) is 0 Å². The highest BCUT2D eigenvalue weighted by Crippen LogP contribution is 2.11. The second-order valence-corrected chi connectivity index (χ2v) is 7.19. The highest BCUT2D eigenvalue weighted by molar-refractivity contribution is 5.92. The van der Waals surface area contributed by atoms with Gasteiger partial charge in [0.15, 0.2) is 0 Å². The van der Waals surface area contributed by atoms with Crippen LogP contribution in [0.5, 0.6) is 5.75 Å². The largest absolute Gasteiger partial charge is 0.508 e. The van der Waals surface area contributed by atoms with E-state index in [1.165, 1.54) is 19.1 Å². The average molecular weight is 422 g/mol. The van der Waals surface area contributed by atoms with Crippen molar-refractivity contribution in [1.82, 2.24) is 16.0 Å². The van der Waals surface area contributed by atoms with Crippen molar-refractivity contribution >= 4 is 23.7 Å². The molecule has 0 saturated carbocycles. The predicted octanol–water partition coefficient (Wildman–Crippen LogP) is -0.502. The summed E-state index contributed by atoms with van der Waals surface area (Å²) >= 11 is 0. The number of hydrogen-bond donors (Lipinski definition) is 6. The van der Waals surface area contributed by atoms with E-state index in [1.807, 2.05) is 6.92 Å². The fraction of sp³-hybridized carbons (Fsp3) is 0.500. The number of rotatable bonds is 11. The van der Waals surface area contributed by atoms with Crippen molar-refractivity contribution < 1.29 is 29.4 Å². The van der Waals surface area contributed by atoms with E-state index in [-0.39, 0.29) is 18.1 Å². The second-order valence-electron chi connectivity index (χ2n) is 7.19. The van der Waals surface area contributed by atoms with Gasteiger partial charge in [0.25, 0.3) is 0 Å². The van der Waals surface area contributed by atoms with Crippen LogP contribution in [0.15, 0.2) is 24.3 Å². The third kappa shape index (κ3) is 8.08. The predicted molar refractivity (Wildman–Crippen MR) is 109 cm³/mol. The van der Waals surface area contributed by atoms with Gasteiger partial charge in [0.2, 0.25) is 17.7 Å². The van der Waals surface area contributed by atoms with Gasteiger partial charge in [0.05, 0.1) is 12.6 Å². The second kappa shape index (κ2) is 11.8. The third-order valence-corrected chi connectivity index (χ3v) is 4.70. The number of carbonyl (C=O) groups excluding carboxylic acids is 3. The molecule has 1 aromatic rings. The van der Waals surface area contributed by atoms with Gasteiger partial charge in [-0.1, -0.05) is 32.4 Å². The molecule has 0 aliphatic carbocycles. The quantitative estimate of drug-likeness (QED) is 0.279. The van der Waals surface area contributed by atoms with Crippen LogP contribution in [-0.2, 0) is 25.6 Å². The number of aromatic hydroxyl groups is 1. The number of carboxylic acids is 1. The van der Waals surface area contributed by atoms with E-state index in [4.69, 9.17) is 5.73 Å². The summed E-state index contributed by atoms with van der Waals surface area (Å²) in [6.45, 7) is 4.54. The molecule has 7 N–H and O–H groups in total. The number of aliphatic carboxylic acids is 1. The van der Waals surface area contributed by atoms with Crippen LogP contribution in [0.2, 0.25) is 0 Å². The van der Waals surface area contributed by atoms with Gasteiger partial charge in [-0.05, 0) is 37.0 Å². The molecular formula is C20H30N4O6. The summed E-state index contributed by atoms with van der Waals surface area (Å²) < 4.78 is 0. The first kappa shape index (κ1) is 24.9. The SMILES string of the molecule is CCC(C)C(NC(=O)CNC(=O)C(C)NC(=O)C(N)Cc1ccc(O)cc1)C(=O)O. The van der Waals surface area contributed by atoms with Gasteiger partial charge < -0.3 is 31.9 Å². The molecule has 0 fully saturated rings. The molecule has 3 amide bonds. The molecule has 30 heavy (non-hydrogen) atoms. The van der Waals surface area contributed by atoms with Crippen molar-refractivity contribution in [3.05, 3.63) is 29.8 Å². The van der Waals surface area contributed by atoms with Crippen molar-refractivity contribution in [2.75, 3.05) is 6.54 Å².